The average molecular weight is 335 g/mol. The molecule has 0 saturated carbocycles. The number of rotatable bonds is 5. The normalized spacial score (nSPS) is 25.8. The van der Waals surface area contributed by atoms with Crippen LogP contribution in [0.2, 0.25) is 0 Å². The number of aromatic nitrogens is 2. The maximum absolute atomic E-state index is 12.9. The van der Waals surface area contributed by atoms with E-state index in [1.807, 2.05) is 15.6 Å². The second-order valence-corrected chi connectivity index (χ2v) is 6.87. The van der Waals surface area contributed by atoms with E-state index in [1.54, 1.807) is 6.20 Å². The fourth-order valence-electron chi connectivity index (χ4n) is 4.13. The Hall–Kier alpha value is -1.40. The predicted octanol–water partition coefficient (Wildman–Crippen LogP) is 1.79. The number of carbonyl (C=O) groups excluding carboxylic acids is 1. The van der Waals surface area contributed by atoms with Crippen molar-refractivity contribution in [3.63, 3.8) is 0 Å². The molecule has 1 amide bonds. The number of ether oxygens (including phenoxy) is 1. The third-order valence-electron chi connectivity index (χ3n) is 5.45. The average Bonchev–Trinajstić information content (AvgIpc) is 3.10. The van der Waals surface area contributed by atoms with Crippen LogP contribution in [-0.4, -0.2) is 58.1 Å². The predicted molar refractivity (Wildman–Crippen MR) is 90.6 cm³/mol. The molecule has 0 bridgehead atoms. The van der Waals surface area contributed by atoms with Crippen molar-refractivity contribution in [2.45, 2.75) is 57.6 Å². The van der Waals surface area contributed by atoms with Gasteiger partial charge in [0, 0.05) is 37.5 Å². The van der Waals surface area contributed by atoms with Crippen molar-refractivity contribution in [3.05, 3.63) is 18.0 Å². The highest BCUT2D eigenvalue weighted by Gasteiger charge is 2.35. The van der Waals surface area contributed by atoms with E-state index in [4.69, 9.17) is 9.84 Å². The van der Waals surface area contributed by atoms with Gasteiger partial charge in [-0.15, -0.1) is 0 Å². The number of nitrogens with zero attached hydrogens (tertiary/aromatic N) is 3. The summed E-state index contributed by atoms with van der Waals surface area (Å²) in [6.45, 7) is 5.15. The quantitative estimate of drug-likeness (QED) is 0.891. The zero-order valence-electron chi connectivity index (χ0n) is 14.6. The number of piperidine rings is 1. The summed E-state index contributed by atoms with van der Waals surface area (Å²) in [7, 11) is 0. The van der Waals surface area contributed by atoms with Crippen molar-refractivity contribution < 1.29 is 14.6 Å². The first-order valence-electron chi connectivity index (χ1n) is 9.27. The van der Waals surface area contributed by atoms with Gasteiger partial charge in [-0.05, 0) is 38.2 Å². The van der Waals surface area contributed by atoms with Crippen LogP contribution in [0.15, 0.2) is 12.3 Å². The van der Waals surface area contributed by atoms with Gasteiger partial charge in [-0.2, -0.15) is 5.10 Å². The largest absolute Gasteiger partial charge is 0.394 e. The third-order valence-corrected chi connectivity index (χ3v) is 5.45. The van der Waals surface area contributed by atoms with Crippen LogP contribution in [-0.2, 0) is 16.1 Å². The number of likely N-dealkylation sites (tertiary alicyclic amines) is 1. The van der Waals surface area contributed by atoms with Gasteiger partial charge in [-0.25, -0.2) is 0 Å². The summed E-state index contributed by atoms with van der Waals surface area (Å²) in [5.41, 5.74) is 1.18. The van der Waals surface area contributed by atoms with Crippen LogP contribution >= 0.6 is 0 Å². The molecular weight excluding hydrogens is 306 g/mol. The highest BCUT2D eigenvalue weighted by molar-refractivity contribution is 5.79. The summed E-state index contributed by atoms with van der Waals surface area (Å²) in [4.78, 5) is 14.9. The molecule has 6 nitrogen and oxygen atoms in total. The van der Waals surface area contributed by atoms with E-state index in [0.717, 1.165) is 51.8 Å². The van der Waals surface area contributed by atoms with Crippen molar-refractivity contribution in [2.75, 3.05) is 26.3 Å². The molecule has 2 fully saturated rings. The molecule has 134 valence electrons. The third kappa shape index (κ3) is 3.64. The van der Waals surface area contributed by atoms with Gasteiger partial charge < -0.3 is 14.7 Å². The maximum Gasteiger partial charge on any atom is 0.228 e. The first kappa shape index (κ1) is 17.4. The molecule has 6 heteroatoms. The molecule has 0 spiro atoms. The van der Waals surface area contributed by atoms with E-state index in [9.17, 15) is 4.79 Å². The highest BCUT2D eigenvalue weighted by Crippen LogP contribution is 2.31. The topological polar surface area (TPSA) is 67.6 Å². The van der Waals surface area contributed by atoms with E-state index >= 15 is 0 Å². The smallest absolute Gasteiger partial charge is 0.228 e. The van der Waals surface area contributed by atoms with Gasteiger partial charge in [0.25, 0.3) is 0 Å². The van der Waals surface area contributed by atoms with Crippen molar-refractivity contribution in [3.8, 4) is 0 Å². The lowest BCUT2D eigenvalue weighted by Crippen LogP contribution is -2.46. The van der Waals surface area contributed by atoms with Crippen LogP contribution in [0.1, 0.15) is 50.6 Å². The first-order valence-corrected chi connectivity index (χ1v) is 9.27. The Kier molecular flexibility index (Phi) is 5.89. The monoisotopic (exact) mass is 335 g/mol. The standard InChI is InChI=1S/C18H29N3O3/c1-2-17-15(4-3-13-24-17)18(23)20-9-6-14(7-10-20)16-5-8-19-21(16)11-12-22/h5,8,14-15,17,22H,2-4,6-7,9-13H2,1H3/t15-,17+/m1/s1. The van der Waals surface area contributed by atoms with Gasteiger partial charge in [0.1, 0.15) is 0 Å². The number of hydrogen-bond acceptors (Lipinski definition) is 4. The van der Waals surface area contributed by atoms with Crippen LogP contribution in [0.25, 0.3) is 0 Å². The highest BCUT2D eigenvalue weighted by atomic mass is 16.5. The van der Waals surface area contributed by atoms with Gasteiger partial charge in [0.05, 0.1) is 25.2 Å². The van der Waals surface area contributed by atoms with Gasteiger partial charge in [0.2, 0.25) is 5.91 Å². The Morgan fingerprint density at radius 2 is 2.17 bits per heavy atom. The first-order chi connectivity index (χ1) is 11.7. The molecule has 2 saturated heterocycles. The maximum atomic E-state index is 12.9. The molecule has 0 aliphatic carbocycles. The summed E-state index contributed by atoms with van der Waals surface area (Å²) >= 11 is 0. The minimum Gasteiger partial charge on any atom is -0.394 e. The molecular formula is C18H29N3O3. The summed E-state index contributed by atoms with van der Waals surface area (Å²) in [6, 6.07) is 2.04. The number of amides is 1. The zero-order valence-corrected chi connectivity index (χ0v) is 14.6. The SMILES string of the molecule is CC[C@@H]1OCCC[C@H]1C(=O)N1CCC(c2ccnn2CCO)CC1. The summed E-state index contributed by atoms with van der Waals surface area (Å²) in [5, 5.41) is 13.4. The summed E-state index contributed by atoms with van der Waals surface area (Å²) in [5.74, 6) is 0.747. The van der Waals surface area contributed by atoms with Crippen LogP contribution in [0.5, 0.6) is 0 Å². The van der Waals surface area contributed by atoms with Gasteiger partial charge in [0.15, 0.2) is 0 Å². The molecule has 2 aliphatic rings. The Morgan fingerprint density at radius 3 is 2.88 bits per heavy atom. The number of aliphatic hydroxyl groups is 1. The Balaban J connectivity index is 1.58. The van der Waals surface area contributed by atoms with Crippen molar-refractivity contribution in [1.82, 2.24) is 14.7 Å². The molecule has 3 heterocycles. The molecule has 24 heavy (non-hydrogen) atoms. The van der Waals surface area contributed by atoms with Crippen LogP contribution in [0.4, 0.5) is 0 Å². The van der Waals surface area contributed by atoms with E-state index in [0.29, 0.717) is 12.5 Å². The fourth-order valence-corrected chi connectivity index (χ4v) is 4.13. The minimum absolute atomic E-state index is 0.0419. The van der Waals surface area contributed by atoms with E-state index in [1.165, 1.54) is 5.69 Å². The molecule has 0 unspecified atom stereocenters. The van der Waals surface area contributed by atoms with Crippen LogP contribution in [0.3, 0.4) is 0 Å². The van der Waals surface area contributed by atoms with Crippen molar-refractivity contribution >= 4 is 5.91 Å². The van der Waals surface area contributed by atoms with E-state index in [-0.39, 0.29) is 24.5 Å². The second-order valence-electron chi connectivity index (χ2n) is 6.87. The van der Waals surface area contributed by atoms with Crippen LogP contribution < -0.4 is 0 Å². The van der Waals surface area contributed by atoms with E-state index in [2.05, 4.69) is 12.0 Å². The van der Waals surface area contributed by atoms with E-state index < -0.39 is 0 Å². The lowest BCUT2D eigenvalue weighted by molar-refractivity contribution is -0.146. The second kappa shape index (κ2) is 8.12. The molecule has 0 aromatic carbocycles. The molecule has 2 aliphatic heterocycles. The molecule has 2 atom stereocenters. The molecule has 1 aromatic heterocycles. The molecule has 3 rings (SSSR count). The van der Waals surface area contributed by atoms with Crippen molar-refractivity contribution in [2.24, 2.45) is 5.92 Å². The molecule has 1 N–H and O–H groups in total. The summed E-state index contributed by atoms with van der Waals surface area (Å²) < 4.78 is 7.68. The Labute approximate surface area is 143 Å². The zero-order chi connectivity index (χ0) is 16.9. The lowest BCUT2D eigenvalue weighted by Gasteiger charge is -2.38. The number of aliphatic hydroxyl groups excluding tert-OH is 1. The summed E-state index contributed by atoms with van der Waals surface area (Å²) in [6.07, 6.45) is 6.68. The van der Waals surface area contributed by atoms with Crippen LogP contribution in [0, 0.1) is 5.92 Å². The van der Waals surface area contributed by atoms with Gasteiger partial charge >= 0.3 is 0 Å². The Bertz CT molecular complexity index is 537. The Morgan fingerprint density at radius 1 is 1.38 bits per heavy atom. The molecule has 1 aromatic rings. The number of hydrogen-bond donors (Lipinski definition) is 1. The van der Waals surface area contributed by atoms with Crippen molar-refractivity contribution in [1.29, 1.82) is 0 Å². The van der Waals surface area contributed by atoms with Gasteiger partial charge in [-0.3, -0.25) is 9.48 Å². The fraction of sp³-hybridized carbons (Fsp3) is 0.778. The van der Waals surface area contributed by atoms with Gasteiger partial charge in [-0.1, -0.05) is 6.92 Å². The lowest BCUT2D eigenvalue weighted by atomic mass is 9.88. The number of carbonyl (C=O) groups is 1. The minimum atomic E-state index is 0.0419. The molecule has 0 radical (unpaired) electrons.